The highest BCUT2D eigenvalue weighted by molar-refractivity contribution is 7.14. The SMILES string of the molecule is Cc1cc(Nc2ccc(C(=O)Nc3nc(-c4ccc(F)c(F)c4)cs3)cc2)nc(C)n1. The van der Waals surface area contributed by atoms with Gasteiger partial charge in [0.1, 0.15) is 11.6 Å². The molecule has 0 fully saturated rings. The summed E-state index contributed by atoms with van der Waals surface area (Å²) in [4.78, 5) is 25.4. The Bertz CT molecular complexity index is 1240. The second kappa shape index (κ2) is 8.57. The number of anilines is 3. The molecular weight excluding hydrogens is 420 g/mol. The van der Waals surface area contributed by atoms with E-state index >= 15 is 0 Å². The first-order valence-electron chi connectivity index (χ1n) is 9.29. The minimum absolute atomic E-state index is 0.327. The summed E-state index contributed by atoms with van der Waals surface area (Å²) in [5.41, 5.74) is 2.97. The molecule has 1 amide bonds. The predicted molar refractivity (Wildman–Crippen MR) is 117 cm³/mol. The molecule has 0 unspecified atom stereocenters. The molecule has 0 aliphatic rings. The Labute approximate surface area is 181 Å². The number of nitrogens with one attached hydrogen (secondary N) is 2. The fourth-order valence-electron chi connectivity index (χ4n) is 2.92. The molecule has 4 aromatic rings. The van der Waals surface area contributed by atoms with E-state index < -0.39 is 11.6 Å². The first-order chi connectivity index (χ1) is 14.9. The van der Waals surface area contributed by atoms with Crippen LogP contribution in [0.1, 0.15) is 21.9 Å². The summed E-state index contributed by atoms with van der Waals surface area (Å²) in [6.45, 7) is 3.71. The van der Waals surface area contributed by atoms with Gasteiger partial charge in [0.15, 0.2) is 16.8 Å². The number of benzene rings is 2. The van der Waals surface area contributed by atoms with Crippen LogP contribution in [0.3, 0.4) is 0 Å². The molecule has 9 heteroatoms. The summed E-state index contributed by atoms with van der Waals surface area (Å²) in [7, 11) is 0. The van der Waals surface area contributed by atoms with Crippen molar-refractivity contribution in [1.29, 1.82) is 0 Å². The Morgan fingerprint density at radius 3 is 2.42 bits per heavy atom. The Kier molecular flexibility index (Phi) is 5.68. The Balaban J connectivity index is 1.43. The quantitative estimate of drug-likeness (QED) is 0.432. The van der Waals surface area contributed by atoms with E-state index in [0.717, 1.165) is 23.5 Å². The number of amides is 1. The van der Waals surface area contributed by atoms with Gasteiger partial charge in [0, 0.05) is 34.0 Å². The van der Waals surface area contributed by atoms with Crippen LogP contribution in [-0.4, -0.2) is 20.9 Å². The van der Waals surface area contributed by atoms with Crippen LogP contribution in [0, 0.1) is 25.5 Å². The van der Waals surface area contributed by atoms with E-state index in [1.54, 1.807) is 29.6 Å². The third-order valence-electron chi connectivity index (χ3n) is 4.33. The number of aromatic nitrogens is 3. The van der Waals surface area contributed by atoms with Gasteiger partial charge in [0.25, 0.3) is 5.91 Å². The number of hydrogen-bond donors (Lipinski definition) is 2. The molecule has 2 aromatic heterocycles. The largest absolute Gasteiger partial charge is 0.340 e. The van der Waals surface area contributed by atoms with E-state index in [4.69, 9.17) is 0 Å². The van der Waals surface area contributed by atoms with Crippen LogP contribution < -0.4 is 10.6 Å². The van der Waals surface area contributed by atoms with Crippen molar-refractivity contribution in [3.05, 3.63) is 82.6 Å². The Hall–Kier alpha value is -3.72. The fourth-order valence-corrected chi connectivity index (χ4v) is 3.64. The van der Waals surface area contributed by atoms with Gasteiger partial charge >= 0.3 is 0 Å². The third-order valence-corrected chi connectivity index (χ3v) is 5.08. The maximum atomic E-state index is 13.4. The monoisotopic (exact) mass is 437 g/mol. The number of thiazole rings is 1. The first kappa shape index (κ1) is 20.5. The summed E-state index contributed by atoms with van der Waals surface area (Å²) in [5.74, 6) is -0.849. The third kappa shape index (κ3) is 4.89. The predicted octanol–water partition coefficient (Wildman–Crippen LogP) is 5.49. The maximum absolute atomic E-state index is 13.4. The second-order valence-corrected chi connectivity index (χ2v) is 7.62. The van der Waals surface area contributed by atoms with E-state index in [2.05, 4.69) is 25.6 Å². The van der Waals surface area contributed by atoms with Crippen molar-refractivity contribution in [3.8, 4) is 11.3 Å². The van der Waals surface area contributed by atoms with Crippen molar-refractivity contribution < 1.29 is 13.6 Å². The average molecular weight is 437 g/mol. The van der Waals surface area contributed by atoms with Gasteiger partial charge in [0.05, 0.1) is 5.69 Å². The highest BCUT2D eigenvalue weighted by Crippen LogP contribution is 2.26. The average Bonchev–Trinajstić information content (AvgIpc) is 3.18. The molecule has 2 N–H and O–H groups in total. The van der Waals surface area contributed by atoms with Crippen LogP contribution in [0.4, 0.5) is 25.4 Å². The van der Waals surface area contributed by atoms with Crippen LogP contribution in [0.25, 0.3) is 11.3 Å². The standard InChI is InChI=1S/C22H17F2N5OS/c1-12-9-20(26-13(2)25-12)27-16-6-3-14(4-7-16)21(30)29-22-28-19(11-31-22)15-5-8-17(23)18(24)10-15/h3-11H,1-2H3,(H,25,26,27)(H,28,29,30). The van der Waals surface area contributed by atoms with Crippen LogP contribution in [0.5, 0.6) is 0 Å². The van der Waals surface area contributed by atoms with Gasteiger partial charge in [-0.25, -0.2) is 23.7 Å². The minimum Gasteiger partial charge on any atom is -0.340 e. The molecular formula is C22H17F2N5OS. The van der Waals surface area contributed by atoms with Gasteiger partial charge < -0.3 is 5.32 Å². The molecule has 4 rings (SSSR count). The normalized spacial score (nSPS) is 10.7. The van der Waals surface area contributed by atoms with Gasteiger partial charge in [-0.3, -0.25) is 10.1 Å². The van der Waals surface area contributed by atoms with Gasteiger partial charge in [-0.05, 0) is 56.3 Å². The smallest absolute Gasteiger partial charge is 0.257 e. The Morgan fingerprint density at radius 2 is 1.71 bits per heavy atom. The molecule has 31 heavy (non-hydrogen) atoms. The van der Waals surface area contributed by atoms with Gasteiger partial charge in [-0.1, -0.05) is 0 Å². The summed E-state index contributed by atoms with van der Waals surface area (Å²) in [5, 5.41) is 7.93. The molecule has 0 atom stereocenters. The second-order valence-electron chi connectivity index (χ2n) is 6.77. The number of rotatable bonds is 5. The molecule has 0 aliphatic carbocycles. The van der Waals surface area contributed by atoms with Crippen molar-refractivity contribution in [3.63, 3.8) is 0 Å². The molecule has 0 spiro atoms. The van der Waals surface area contributed by atoms with Crippen molar-refractivity contribution in [1.82, 2.24) is 15.0 Å². The van der Waals surface area contributed by atoms with Crippen molar-refractivity contribution in [2.75, 3.05) is 10.6 Å². The number of aryl methyl sites for hydroxylation is 2. The number of hydrogen-bond acceptors (Lipinski definition) is 6. The molecule has 2 aromatic carbocycles. The van der Waals surface area contributed by atoms with Crippen molar-refractivity contribution >= 4 is 33.9 Å². The molecule has 2 heterocycles. The van der Waals surface area contributed by atoms with Crippen LogP contribution in [-0.2, 0) is 0 Å². The molecule has 0 bridgehead atoms. The zero-order chi connectivity index (χ0) is 22.0. The molecule has 6 nitrogen and oxygen atoms in total. The Morgan fingerprint density at radius 1 is 0.935 bits per heavy atom. The topological polar surface area (TPSA) is 79.8 Å². The zero-order valence-corrected chi connectivity index (χ0v) is 17.4. The van der Waals surface area contributed by atoms with Crippen LogP contribution >= 0.6 is 11.3 Å². The van der Waals surface area contributed by atoms with Crippen LogP contribution in [0.2, 0.25) is 0 Å². The number of carbonyl (C=O) groups is 1. The lowest BCUT2D eigenvalue weighted by Gasteiger charge is -2.08. The van der Waals surface area contributed by atoms with Crippen molar-refractivity contribution in [2.45, 2.75) is 13.8 Å². The lowest BCUT2D eigenvalue weighted by Crippen LogP contribution is -2.11. The molecule has 156 valence electrons. The first-order valence-corrected chi connectivity index (χ1v) is 10.2. The zero-order valence-electron chi connectivity index (χ0n) is 16.6. The summed E-state index contributed by atoms with van der Waals surface area (Å²) >= 11 is 1.20. The van der Waals surface area contributed by atoms with E-state index in [-0.39, 0.29) is 5.91 Å². The molecule has 0 aliphatic heterocycles. The summed E-state index contributed by atoms with van der Waals surface area (Å²) in [6, 6.07) is 12.3. The van der Waals surface area contributed by atoms with Gasteiger partial charge in [0.2, 0.25) is 0 Å². The van der Waals surface area contributed by atoms with E-state index in [9.17, 15) is 13.6 Å². The lowest BCUT2D eigenvalue weighted by molar-refractivity contribution is 0.102. The van der Waals surface area contributed by atoms with E-state index in [1.807, 2.05) is 19.9 Å². The van der Waals surface area contributed by atoms with Gasteiger partial charge in [-0.15, -0.1) is 11.3 Å². The molecule has 0 saturated heterocycles. The molecule has 0 radical (unpaired) electrons. The molecule has 0 saturated carbocycles. The minimum atomic E-state index is -0.947. The van der Waals surface area contributed by atoms with E-state index in [1.165, 1.54) is 17.4 Å². The van der Waals surface area contributed by atoms with Crippen LogP contribution in [0.15, 0.2) is 53.9 Å². The van der Waals surface area contributed by atoms with Gasteiger partial charge in [-0.2, -0.15) is 0 Å². The lowest BCUT2D eigenvalue weighted by atomic mass is 10.2. The van der Waals surface area contributed by atoms with Crippen molar-refractivity contribution in [2.24, 2.45) is 0 Å². The number of nitrogens with zero attached hydrogens (tertiary/aromatic N) is 3. The maximum Gasteiger partial charge on any atom is 0.257 e. The number of halogens is 2. The number of carbonyl (C=O) groups excluding carboxylic acids is 1. The van der Waals surface area contributed by atoms with E-state index in [0.29, 0.717) is 33.6 Å². The summed E-state index contributed by atoms with van der Waals surface area (Å²) in [6.07, 6.45) is 0. The highest BCUT2D eigenvalue weighted by atomic mass is 32.1. The fraction of sp³-hybridized carbons (Fsp3) is 0.0909. The highest BCUT2D eigenvalue weighted by Gasteiger charge is 2.12. The summed E-state index contributed by atoms with van der Waals surface area (Å²) < 4.78 is 26.5.